The molecule has 2 aliphatic rings. The van der Waals surface area contributed by atoms with Crippen molar-refractivity contribution in [2.45, 2.75) is 31.9 Å². The third-order valence-corrected chi connectivity index (χ3v) is 3.52. The van der Waals surface area contributed by atoms with Crippen molar-refractivity contribution in [2.75, 3.05) is 19.6 Å². The molecule has 0 aromatic carbocycles. The Balaban J connectivity index is 2.06. The quantitative estimate of drug-likeness (QED) is 0.658. The van der Waals surface area contributed by atoms with Gasteiger partial charge in [0.2, 0.25) is 0 Å². The van der Waals surface area contributed by atoms with Crippen molar-refractivity contribution < 1.29 is 19.8 Å². The van der Waals surface area contributed by atoms with E-state index in [1.54, 1.807) is 4.90 Å². The zero-order chi connectivity index (χ0) is 13.3. The van der Waals surface area contributed by atoms with Crippen LogP contribution in [-0.4, -0.2) is 63.8 Å². The lowest BCUT2D eigenvalue weighted by molar-refractivity contribution is -0.141. The fourth-order valence-electron chi connectivity index (χ4n) is 2.39. The molecule has 6 heteroatoms. The van der Waals surface area contributed by atoms with Gasteiger partial charge in [-0.15, -0.1) is 0 Å². The number of β-amino-alcohol motifs (C(OH)–C–C–N with tert-alkyl or cyclic N) is 1. The van der Waals surface area contributed by atoms with Gasteiger partial charge in [0.15, 0.2) is 0 Å². The summed E-state index contributed by atoms with van der Waals surface area (Å²) in [6.07, 6.45) is 2.17. The number of carboxylic acid groups (broad SMARTS) is 1. The van der Waals surface area contributed by atoms with Crippen LogP contribution < -0.4 is 0 Å². The average Bonchev–Trinajstić information content (AvgIpc) is 2.71. The maximum atomic E-state index is 12.2. The van der Waals surface area contributed by atoms with Crippen LogP contribution >= 0.6 is 0 Å². The van der Waals surface area contributed by atoms with Gasteiger partial charge in [-0.05, 0) is 13.3 Å². The van der Waals surface area contributed by atoms with Crippen molar-refractivity contribution in [1.29, 1.82) is 0 Å². The van der Waals surface area contributed by atoms with Crippen molar-refractivity contribution >= 4 is 12.0 Å². The monoisotopic (exact) mass is 254 g/mol. The zero-order valence-corrected chi connectivity index (χ0v) is 10.4. The standard InChI is InChI=1S/C12H18N2O4/c1-8-2-4-13(5-3-8)12(18)14-7-9(15)6-10(14)11(16)17/h2,9-10,15H,3-7H2,1H3,(H,16,17)/t9?,10-/m0/s1. The smallest absolute Gasteiger partial charge is 0.326 e. The van der Waals surface area contributed by atoms with Gasteiger partial charge >= 0.3 is 12.0 Å². The molecule has 2 N–H and O–H groups in total. The molecular formula is C12H18N2O4. The number of aliphatic hydroxyl groups excluding tert-OH is 1. The third kappa shape index (κ3) is 2.48. The number of nitrogens with zero attached hydrogens (tertiary/aromatic N) is 2. The number of aliphatic carboxylic acids is 1. The van der Waals surface area contributed by atoms with Crippen molar-refractivity contribution in [3.05, 3.63) is 11.6 Å². The van der Waals surface area contributed by atoms with E-state index in [4.69, 9.17) is 5.11 Å². The first-order valence-electron chi connectivity index (χ1n) is 6.11. The molecule has 0 bridgehead atoms. The van der Waals surface area contributed by atoms with Gasteiger partial charge in [0.1, 0.15) is 6.04 Å². The summed E-state index contributed by atoms with van der Waals surface area (Å²) in [5.41, 5.74) is 1.25. The van der Waals surface area contributed by atoms with Crippen LogP contribution in [0.5, 0.6) is 0 Å². The predicted molar refractivity (Wildman–Crippen MR) is 64.1 cm³/mol. The highest BCUT2D eigenvalue weighted by atomic mass is 16.4. The van der Waals surface area contributed by atoms with E-state index in [-0.39, 0.29) is 19.0 Å². The molecule has 2 aliphatic heterocycles. The lowest BCUT2D eigenvalue weighted by Crippen LogP contribution is -2.49. The fourth-order valence-corrected chi connectivity index (χ4v) is 2.39. The summed E-state index contributed by atoms with van der Waals surface area (Å²) in [7, 11) is 0. The summed E-state index contributed by atoms with van der Waals surface area (Å²) in [5.74, 6) is -1.05. The largest absolute Gasteiger partial charge is 0.480 e. The maximum Gasteiger partial charge on any atom is 0.326 e. The maximum absolute atomic E-state index is 12.2. The van der Waals surface area contributed by atoms with E-state index < -0.39 is 18.1 Å². The summed E-state index contributed by atoms with van der Waals surface area (Å²) >= 11 is 0. The van der Waals surface area contributed by atoms with E-state index in [2.05, 4.69) is 0 Å². The Hall–Kier alpha value is -1.56. The molecule has 0 radical (unpaired) electrons. The number of carbonyl (C=O) groups excluding carboxylic acids is 1. The van der Waals surface area contributed by atoms with Crippen LogP contribution in [0.25, 0.3) is 0 Å². The van der Waals surface area contributed by atoms with Crippen LogP contribution in [0.3, 0.4) is 0 Å². The number of hydrogen-bond acceptors (Lipinski definition) is 3. The molecule has 6 nitrogen and oxygen atoms in total. The summed E-state index contributed by atoms with van der Waals surface area (Å²) < 4.78 is 0. The SMILES string of the molecule is CC1=CCN(C(=O)N2CC(O)C[C@H]2C(=O)O)CC1. The lowest BCUT2D eigenvalue weighted by atomic mass is 10.1. The van der Waals surface area contributed by atoms with E-state index in [1.807, 2.05) is 13.0 Å². The van der Waals surface area contributed by atoms with Crippen molar-refractivity contribution in [2.24, 2.45) is 0 Å². The number of hydrogen-bond donors (Lipinski definition) is 2. The number of likely N-dealkylation sites (tertiary alicyclic amines) is 1. The molecule has 0 aromatic heterocycles. The second kappa shape index (κ2) is 4.97. The Labute approximate surface area is 105 Å². The molecule has 2 amide bonds. The van der Waals surface area contributed by atoms with E-state index in [0.717, 1.165) is 6.42 Å². The average molecular weight is 254 g/mol. The van der Waals surface area contributed by atoms with Gasteiger partial charge < -0.3 is 20.0 Å². The van der Waals surface area contributed by atoms with Gasteiger partial charge in [-0.2, -0.15) is 0 Å². The first-order valence-corrected chi connectivity index (χ1v) is 6.11. The van der Waals surface area contributed by atoms with E-state index in [9.17, 15) is 14.7 Å². The van der Waals surface area contributed by atoms with Crippen LogP contribution in [0.15, 0.2) is 11.6 Å². The highest BCUT2D eigenvalue weighted by molar-refractivity contribution is 5.83. The van der Waals surface area contributed by atoms with Gasteiger partial charge in [0.05, 0.1) is 6.10 Å². The van der Waals surface area contributed by atoms with E-state index >= 15 is 0 Å². The molecule has 2 atom stereocenters. The fraction of sp³-hybridized carbons (Fsp3) is 0.667. The highest BCUT2D eigenvalue weighted by Crippen LogP contribution is 2.21. The van der Waals surface area contributed by atoms with Gasteiger partial charge in [-0.25, -0.2) is 9.59 Å². The zero-order valence-electron chi connectivity index (χ0n) is 10.4. The molecule has 0 aliphatic carbocycles. The summed E-state index contributed by atoms with van der Waals surface area (Å²) in [5, 5.41) is 18.6. The number of carboxylic acids is 1. The number of carbonyl (C=O) groups is 2. The highest BCUT2D eigenvalue weighted by Gasteiger charge is 2.40. The van der Waals surface area contributed by atoms with E-state index in [1.165, 1.54) is 10.5 Å². The minimum Gasteiger partial charge on any atom is -0.480 e. The number of amides is 2. The van der Waals surface area contributed by atoms with Crippen molar-refractivity contribution in [1.82, 2.24) is 9.80 Å². The minimum atomic E-state index is -1.05. The first kappa shape index (κ1) is 12.9. The predicted octanol–water partition coefficient (Wildman–Crippen LogP) is 0.278. The Morgan fingerprint density at radius 2 is 2.17 bits per heavy atom. The molecule has 0 saturated carbocycles. The Bertz CT molecular complexity index is 394. The lowest BCUT2D eigenvalue weighted by Gasteiger charge is -2.31. The van der Waals surface area contributed by atoms with Crippen molar-refractivity contribution in [3.8, 4) is 0 Å². The molecule has 1 fully saturated rings. The van der Waals surface area contributed by atoms with Gasteiger partial charge in [0.25, 0.3) is 0 Å². The number of aliphatic hydroxyl groups is 1. The van der Waals surface area contributed by atoms with Crippen LogP contribution in [0, 0.1) is 0 Å². The molecular weight excluding hydrogens is 236 g/mol. The Morgan fingerprint density at radius 1 is 1.44 bits per heavy atom. The van der Waals surface area contributed by atoms with Crippen LogP contribution in [0.1, 0.15) is 19.8 Å². The van der Waals surface area contributed by atoms with Gasteiger partial charge in [-0.1, -0.05) is 11.6 Å². The molecule has 0 aromatic rings. The van der Waals surface area contributed by atoms with E-state index in [0.29, 0.717) is 13.1 Å². The Morgan fingerprint density at radius 3 is 2.72 bits per heavy atom. The Kier molecular flexibility index (Phi) is 3.56. The summed E-state index contributed by atoms with van der Waals surface area (Å²) in [4.78, 5) is 26.2. The molecule has 2 heterocycles. The molecule has 100 valence electrons. The summed E-state index contributed by atoms with van der Waals surface area (Å²) in [6, 6.07) is -1.19. The topological polar surface area (TPSA) is 81.1 Å². The first-order chi connectivity index (χ1) is 8.49. The van der Waals surface area contributed by atoms with Gasteiger partial charge in [-0.3, -0.25) is 0 Å². The molecule has 1 unspecified atom stereocenters. The van der Waals surface area contributed by atoms with Crippen LogP contribution in [0.4, 0.5) is 4.79 Å². The van der Waals surface area contributed by atoms with Crippen LogP contribution in [-0.2, 0) is 4.79 Å². The molecule has 0 spiro atoms. The minimum absolute atomic E-state index is 0.106. The molecule has 18 heavy (non-hydrogen) atoms. The second-order valence-corrected chi connectivity index (χ2v) is 4.92. The van der Waals surface area contributed by atoms with Gasteiger partial charge in [0, 0.05) is 26.1 Å². The van der Waals surface area contributed by atoms with Crippen LogP contribution in [0.2, 0.25) is 0 Å². The van der Waals surface area contributed by atoms with Crippen molar-refractivity contribution in [3.63, 3.8) is 0 Å². The third-order valence-electron chi connectivity index (χ3n) is 3.52. The second-order valence-electron chi connectivity index (χ2n) is 4.92. The number of urea groups is 1. The normalized spacial score (nSPS) is 28.2. The molecule has 1 saturated heterocycles. The molecule has 2 rings (SSSR count). The summed E-state index contributed by atoms with van der Waals surface area (Å²) in [6.45, 7) is 3.25. The number of rotatable bonds is 1.